The largest absolute Gasteiger partial charge is 0.319 e. The summed E-state index contributed by atoms with van der Waals surface area (Å²) in [7, 11) is -1.63. The molecule has 1 aromatic heterocycles. The second-order valence-electron chi connectivity index (χ2n) is 4.71. The molecule has 0 aliphatic heterocycles. The molecule has 0 amide bonds. The van der Waals surface area contributed by atoms with E-state index in [1.807, 2.05) is 24.6 Å². The van der Waals surface area contributed by atoms with E-state index in [9.17, 15) is 8.42 Å². The van der Waals surface area contributed by atoms with Crippen LogP contribution >= 0.6 is 11.3 Å². The summed E-state index contributed by atoms with van der Waals surface area (Å²) in [5.74, 6) is 0. The maximum Gasteiger partial charge on any atom is 0.241 e. The molecule has 114 valence electrons. The smallest absolute Gasteiger partial charge is 0.241 e. The molecule has 7 heteroatoms. The van der Waals surface area contributed by atoms with Crippen LogP contribution in [0.5, 0.6) is 0 Å². The lowest BCUT2D eigenvalue weighted by Gasteiger charge is -2.12. The fourth-order valence-electron chi connectivity index (χ4n) is 1.90. The van der Waals surface area contributed by atoms with Crippen LogP contribution in [0.1, 0.15) is 23.5 Å². The van der Waals surface area contributed by atoms with Crippen molar-refractivity contribution in [3.05, 3.63) is 46.4 Å². The number of hydrogen-bond donors (Lipinski definition) is 2. The monoisotopic (exact) mass is 325 g/mol. The SMILES string of the molecule is CNCCc1ccc(S(=O)(=O)NC(C)c2nccs2)cc1. The third-order valence-electron chi connectivity index (χ3n) is 3.05. The first-order chi connectivity index (χ1) is 10.0. The normalized spacial score (nSPS) is 13.2. The Kier molecular flexibility index (Phi) is 5.46. The third-order valence-corrected chi connectivity index (χ3v) is 5.57. The zero-order valence-corrected chi connectivity index (χ0v) is 13.7. The molecule has 2 aromatic rings. The number of nitrogens with zero attached hydrogens (tertiary/aromatic N) is 1. The van der Waals surface area contributed by atoms with Gasteiger partial charge in [-0.1, -0.05) is 12.1 Å². The summed E-state index contributed by atoms with van der Waals surface area (Å²) in [6.07, 6.45) is 2.54. The third kappa shape index (κ3) is 4.34. The van der Waals surface area contributed by atoms with E-state index in [0.29, 0.717) is 0 Å². The maximum absolute atomic E-state index is 12.3. The number of sulfonamides is 1. The summed E-state index contributed by atoms with van der Waals surface area (Å²) in [5, 5.41) is 5.65. The van der Waals surface area contributed by atoms with Gasteiger partial charge in [-0.25, -0.2) is 18.1 Å². The van der Waals surface area contributed by atoms with Gasteiger partial charge in [-0.2, -0.15) is 0 Å². The number of nitrogens with one attached hydrogen (secondary N) is 2. The Hall–Kier alpha value is -1.28. The van der Waals surface area contributed by atoms with E-state index in [0.717, 1.165) is 23.5 Å². The van der Waals surface area contributed by atoms with Crippen molar-refractivity contribution in [3.63, 3.8) is 0 Å². The van der Waals surface area contributed by atoms with Gasteiger partial charge in [-0.3, -0.25) is 0 Å². The van der Waals surface area contributed by atoms with Crippen LogP contribution in [-0.2, 0) is 16.4 Å². The van der Waals surface area contributed by atoms with Crippen molar-refractivity contribution in [2.24, 2.45) is 0 Å². The van der Waals surface area contributed by atoms with Crippen LogP contribution in [-0.4, -0.2) is 27.0 Å². The zero-order valence-electron chi connectivity index (χ0n) is 12.0. The molecule has 0 bridgehead atoms. The van der Waals surface area contributed by atoms with Crippen LogP contribution in [0, 0.1) is 0 Å². The van der Waals surface area contributed by atoms with Gasteiger partial charge in [0.05, 0.1) is 10.9 Å². The van der Waals surface area contributed by atoms with Gasteiger partial charge in [0, 0.05) is 11.6 Å². The van der Waals surface area contributed by atoms with Gasteiger partial charge in [-0.15, -0.1) is 11.3 Å². The maximum atomic E-state index is 12.3. The highest BCUT2D eigenvalue weighted by Gasteiger charge is 2.19. The molecule has 1 unspecified atom stereocenters. The van der Waals surface area contributed by atoms with Crippen molar-refractivity contribution in [1.82, 2.24) is 15.0 Å². The Morgan fingerprint density at radius 1 is 1.29 bits per heavy atom. The molecule has 0 fully saturated rings. The summed E-state index contributed by atoms with van der Waals surface area (Å²) in [4.78, 5) is 4.40. The highest BCUT2D eigenvalue weighted by atomic mass is 32.2. The van der Waals surface area contributed by atoms with Gasteiger partial charge in [0.1, 0.15) is 5.01 Å². The van der Waals surface area contributed by atoms with Crippen molar-refractivity contribution < 1.29 is 8.42 Å². The molecule has 1 atom stereocenters. The molecule has 0 saturated carbocycles. The zero-order chi connectivity index (χ0) is 15.3. The lowest BCUT2D eigenvalue weighted by Crippen LogP contribution is -2.26. The molecular formula is C14H19N3O2S2. The molecule has 2 rings (SSSR count). The molecule has 0 spiro atoms. The summed E-state index contributed by atoms with van der Waals surface area (Å²) >= 11 is 1.43. The lowest BCUT2D eigenvalue weighted by atomic mass is 10.1. The number of rotatable bonds is 7. The molecule has 0 aliphatic rings. The Morgan fingerprint density at radius 2 is 2.00 bits per heavy atom. The predicted octanol–water partition coefficient (Wildman–Crippen LogP) is 1.94. The Morgan fingerprint density at radius 3 is 2.57 bits per heavy atom. The Bertz CT molecular complexity index is 652. The van der Waals surface area contributed by atoms with Crippen LogP contribution in [0.25, 0.3) is 0 Å². The van der Waals surface area contributed by atoms with Crippen LogP contribution < -0.4 is 10.0 Å². The van der Waals surface area contributed by atoms with E-state index < -0.39 is 10.0 Å². The fourth-order valence-corrected chi connectivity index (χ4v) is 3.83. The number of aromatic nitrogens is 1. The first kappa shape index (κ1) is 16.1. The van der Waals surface area contributed by atoms with Gasteiger partial charge in [0.25, 0.3) is 0 Å². The van der Waals surface area contributed by atoms with E-state index in [2.05, 4.69) is 15.0 Å². The van der Waals surface area contributed by atoms with Crippen molar-refractivity contribution in [2.45, 2.75) is 24.3 Å². The topological polar surface area (TPSA) is 71.1 Å². The molecule has 2 N–H and O–H groups in total. The van der Waals surface area contributed by atoms with Crippen molar-refractivity contribution in [3.8, 4) is 0 Å². The van der Waals surface area contributed by atoms with E-state index in [4.69, 9.17) is 0 Å². The molecule has 0 radical (unpaired) electrons. The highest BCUT2D eigenvalue weighted by molar-refractivity contribution is 7.89. The fraction of sp³-hybridized carbons (Fsp3) is 0.357. The molecule has 1 aromatic carbocycles. The lowest BCUT2D eigenvalue weighted by molar-refractivity contribution is 0.566. The molecule has 1 heterocycles. The molecular weight excluding hydrogens is 306 g/mol. The van der Waals surface area contributed by atoms with E-state index >= 15 is 0 Å². The molecule has 5 nitrogen and oxygen atoms in total. The van der Waals surface area contributed by atoms with Gasteiger partial charge in [0.15, 0.2) is 0 Å². The summed E-state index contributed by atoms with van der Waals surface area (Å²) in [6.45, 7) is 2.66. The van der Waals surface area contributed by atoms with Crippen molar-refractivity contribution >= 4 is 21.4 Å². The quantitative estimate of drug-likeness (QED) is 0.816. The average Bonchev–Trinajstić information content (AvgIpc) is 2.99. The minimum absolute atomic E-state index is 0.277. The second-order valence-corrected chi connectivity index (χ2v) is 7.35. The van der Waals surface area contributed by atoms with Crippen molar-refractivity contribution in [2.75, 3.05) is 13.6 Å². The number of thiazole rings is 1. The van der Waals surface area contributed by atoms with Gasteiger partial charge in [0.2, 0.25) is 10.0 Å². The first-order valence-corrected chi connectivity index (χ1v) is 9.04. The van der Waals surface area contributed by atoms with Crippen LogP contribution in [0.3, 0.4) is 0 Å². The van der Waals surface area contributed by atoms with E-state index in [1.165, 1.54) is 11.3 Å². The highest BCUT2D eigenvalue weighted by Crippen LogP contribution is 2.19. The number of benzene rings is 1. The van der Waals surface area contributed by atoms with Crippen LogP contribution in [0.4, 0.5) is 0 Å². The number of likely N-dealkylation sites (N-methyl/N-ethyl adjacent to an activating group) is 1. The standard InChI is InChI=1S/C14H19N3O2S2/c1-11(14-16-9-10-20-14)17-21(18,19)13-5-3-12(4-6-13)7-8-15-2/h3-6,9-11,15,17H,7-8H2,1-2H3. The Balaban J connectivity index is 2.08. The predicted molar refractivity (Wildman–Crippen MR) is 84.9 cm³/mol. The summed E-state index contributed by atoms with van der Waals surface area (Å²) < 4.78 is 27.3. The van der Waals surface area contributed by atoms with E-state index in [-0.39, 0.29) is 10.9 Å². The number of hydrogen-bond acceptors (Lipinski definition) is 5. The summed E-state index contributed by atoms with van der Waals surface area (Å²) in [6, 6.07) is 6.64. The van der Waals surface area contributed by atoms with Crippen molar-refractivity contribution in [1.29, 1.82) is 0 Å². The molecule has 0 saturated heterocycles. The van der Waals surface area contributed by atoms with Gasteiger partial charge >= 0.3 is 0 Å². The minimum atomic E-state index is -3.52. The minimum Gasteiger partial charge on any atom is -0.319 e. The first-order valence-electron chi connectivity index (χ1n) is 6.68. The van der Waals surface area contributed by atoms with Gasteiger partial charge < -0.3 is 5.32 Å². The second kappa shape index (κ2) is 7.13. The molecule has 21 heavy (non-hydrogen) atoms. The molecule has 0 aliphatic carbocycles. The average molecular weight is 325 g/mol. The summed E-state index contributed by atoms with van der Waals surface area (Å²) in [5.41, 5.74) is 1.11. The Labute approximate surface area is 129 Å². The van der Waals surface area contributed by atoms with E-state index in [1.54, 1.807) is 25.3 Å². The van der Waals surface area contributed by atoms with Crippen LogP contribution in [0.2, 0.25) is 0 Å². The van der Waals surface area contributed by atoms with Crippen LogP contribution in [0.15, 0.2) is 40.7 Å². The van der Waals surface area contributed by atoms with Gasteiger partial charge in [-0.05, 0) is 44.6 Å².